The van der Waals surface area contributed by atoms with E-state index in [1.54, 1.807) is 11.8 Å². The number of carbonyl (C=O) groups excluding carboxylic acids is 2. The predicted octanol–water partition coefficient (Wildman–Crippen LogP) is 3.32. The van der Waals surface area contributed by atoms with Crippen LogP contribution < -0.4 is 0 Å². The smallest absolute Gasteiger partial charge is 0.253 e. The molecule has 3 rings (SSSR count). The normalized spacial score (nSPS) is 14.5. The zero-order chi connectivity index (χ0) is 17.8. The van der Waals surface area contributed by atoms with Crippen LogP contribution >= 0.6 is 11.8 Å². The molecule has 130 valence electrons. The van der Waals surface area contributed by atoms with Gasteiger partial charge < -0.3 is 9.80 Å². The van der Waals surface area contributed by atoms with Crippen molar-refractivity contribution >= 4 is 23.6 Å². The second-order valence-electron chi connectivity index (χ2n) is 6.18. The number of hydrogen-bond donors (Lipinski definition) is 0. The average molecular weight is 354 g/mol. The van der Waals surface area contributed by atoms with Crippen molar-refractivity contribution in [3.8, 4) is 0 Å². The van der Waals surface area contributed by atoms with Gasteiger partial charge in [-0.25, -0.2) is 0 Å². The fourth-order valence-corrected chi connectivity index (χ4v) is 3.32. The molecule has 0 spiro atoms. The molecule has 0 atom stereocenters. The Balaban J connectivity index is 1.60. The largest absolute Gasteiger partial charge is 0.335 e. The zero-order valence-corrected chi connectivity index (χ0v) is 15.4. The minimum Gasteiger partial charge on any atom is -0.335 e. The van der Waals surface area contributed by atoms with Gasteiger partial charge in [0.25, 0.3) is 11.8 Å². The first-order valence-corrected chi connectivity index (χ1v) is 9.60. The van der Waals surface area contributed by atoms with Gasteiger partial charge in [-0.15, -0.1) is 11.8 Å². The summed E-state index contributed by atoms with van der Waals surface area (Å²) in [7, 11) is 0. The lowest BCUT2D eigenvalue weighted by molar-refractivity contribution is 0.0535. The van der Waals surface area contributed by atoms with Gasteiger partial charge in [-0.2, -0.15) is 0 Å². The van der Waals surface area contributed by atoms with Crippen molar-refractivity contribution in [2.24, 2.45) is 0 Å². The lowest BCUT2D eigenvalue weighted by Gasteiger charge is -2.35. The molecular formula is C20H22N2O2S. The Morgan fingerprint density at radius 3 is 1.56 bits per heavy atom. The summed E-state index contributed by atoms with van der Waals surface area (Å²) in [5.74, 6) is 0.0755. The van der Waals surface area contributed by atoms with Crippen molar-refractivity contribution in [2.45, 2.75) is 11.8 Å². The first-order valence-electron chi connectivity index (χ1n) is 8.38. The Morgan fingerprint density at radius 1 is 0.760 bits per heavy atom. The van der Waals surface area contributed by atoms with Crippen LogP contribution in [-0.4, -0.2) is 54.0 Å². The standard InChI is InChI=1S/C20H22N2O2S/c1-15-3-5-16(6-4-15)19(23)21-11-13-22(14-12-21)20(24)17-7-9-18(25-2)10-8-17/h3-10H,11-14H2,1-2H3. The van der Waals surface area contributed by atoms with Crippen LogP contribution in [0.2, 0.25) is 0 Å². The van der Waals surface area contributed by atoms with E-state index in [9.17, 15) is 9.59 Å². The van der Waals surface area contributed by atoms with Crippen molar-refractivity contribution in [2.75, 3.05) is 32.4 Å². The Hall–Kier alpha value is -2.27. The molecule has 0 N–H and O–H groups in total. The highest BCUT2D eigenvalue weighted by Gasteiger charge is 2.25. The number of aryl methyl sites for hydroxylation is 1. The highest BCUT2D eigenvalue weighted by molar-refractivity contribution is 7.98. The monoisotopic (exact) mass is 354 g/mol. The summed E-state index contributed by atoms with van der Waals surface area (Å²) < 4.78 is 0. The first-order chi connectivity index (χ1) is 12.1. The summed E-state index contributed by atoms with van der Waals surface area (Å²) in [4.78, 5) is 29.9. The Morgan fingerprint density at radius 2 is 1.16 bits per heavy atom. The van der Waals surface area contributed by atoms with Gasteiger partial charge in [0.15, 0.2) is 0 Å². The third-order valence-electron chi connectivity index (χ3n) is 4.49. The third-order valence-corrected chi connectivity index (χ3v) is 5.23. The van der Waals surface area contributed by atoms with Crippen LogP contribution in [0.5, 0.6) is 0 Å². The topological polar surface area (TPSA) is 40.6 Å². The van der Waals surface area contributed by atoms with Gasteiger partial charge in [-0.3, -0.25) is 9.59 Å². The van der Waals surface area contributed by atoms with Crippen LogP contribution in [0.25, 0.3) is 0 Å². The minimum absolute atomic E-state index is 0.0371. The molecule has 1 heterocycles. The molecule has 2 aromatic rings. The second kappa shape index (κ2) is 7.74. The van der Waals surface area contributed by atoms with E-state index in [1.807, 2.05) is 71.5 Å². The van der Waals surface area contributed by atoms with Crippen molar-refractivity contribution in [1.29, 1.82) is 0 Å². The first kappa shape index (κ1) is 17.5. The van der Waals surface area contributed by atoms with Crippen LogP contribution in [0.3, 0.4) is 0 Å². The maximum atomic E-state index is 12.6. The number of nitrogens with zero attached hydrogens (tertiary/aromatic N) is 2. The van der Waals surface area contributed by atoms with Crippen LogP contribution in [0, 0.1) is 6.92 Å². The molecule has 5 heteroatoms. The van der Waals surface area contributed by atoms with Gasteiger partial charge in [-0.1, -0.05) is 17.7 Å². The second-order valence-corrected chi connectivity index (χ2v) is 7.06. The third kappa shape index (κ3) is 4.04. The van der Waals surface area contributed by atoms with Crippen molar-refractivity contribution in [3.63, 3.8) is 0 Å². The van der Waals surface area contributed by atoms with E-state index < -0.39 is 0 Å². The fourth-order valence-electron chi connectivity index (χ4n) is 2.91. The number of thioether (sulfide) groups is 1. The van der Waals surface area contributed by atoms with Gasteiger partial charge in [0.05, 0.1) is 0 Å². The molecule has 2 amide bonds. The molecular weight excluding hydrogens is 332 g/mol. The van der Waals surface area contributed by atoms with Gasteiger partial charge in [0.1, 0.15) is 0 Å². The highest BCUT2D eigenvalue weighted by atomic mass is 32.2. The number of carbonyl (C=O) groups is 2. The highest BCUT2D eigenvalue weighted by Crippen LogP contribution is 2.17. The number of amides is 2. The van der Waals surface area contributed by atoms with Crippen LogP contribution in [0.15, 0.2) is 53.4 Å². The van der Waals surface area contributed by atoms with E-state index in [-0.39, 0.29) is 11.8 Å². The molecule has 0 aromatic heterocycles. The van der Waals surface area contributed by atoms with E-state index in [4.69, 9.17) is 0 Å². The number of piperazine rings is 1. The minimum atomic E-state index is 0.0371. The van der Waals surface area contributed by atoms with E-state index in [0.29, 0.717) is 37.3 Å². The summed E-state index contributed by atoms with van der Waals surface area (Å²) in [5.41, 5.74) is 2.55. The van der Waals surface area contributed by atoms with Gasteiger partial charge in [0.2, 0.25) is 0 Å². The van der Waals surface area contributed by atoms with E-state index in [0.717, 1.165) is 10.5 Å². The molecule has 0 radical (unpaired) electrons. The molecule has 1 aliphatic heterocycles. The molecule has 0 aliphatic carbocycles. The lowest BCUT2D eigenvalue weighted by atomic mass is 10.1. The van der Waals surface area contributed by atoms with E-state index in [1.165, 1.54) is 0 Å². The summed E-state index contributed by atoms with van der Waals surface area (Å²) >= 11 is 1.66. The summed E-state index contributed by atoms with van der Waals surface area (Å²) in [5, 5.41) is 0. The van der Waals surface area contributed by atoms with Gasteiger partial charge in [0, 0.05) is 42.2 Å². The number of rotatable bonds is 3. The molecule has 0 unspecified atom stereocenters. The van der Waals surface area contributed by atoms with Crippen LogP contribution in [-0.2, 0) is 0 Å². The Labute approximate surface area is 152 Å². The Kier molecular flexibility index (Phi) is 5.43. The Bertz CT molecular complexity index is 748. The molecule has 1 aliphatic rings. The fraction of sp³-hybridized carbons (Fsp3) is 0.300. The summed E-state index contributed by atoms with van der Waals surface area (Å²) in [6.45, 7) is 4.29. The van der Waals surface area contributed by atoms with Crippen molar-refractivity contribution in [1.82, 2.24) is 9.80 Å². The molecule has 25 heavy (non-hydrogen) atoms. The lowest BCUT2D eigenvalue weighted by Crippen LogP contribution is -2.50. The van der Waals surface area contributed by atoms with Gasteiger partial charge >= 0.3 is 0 Å². The quantitative estimate of drug-likeness (QED) is 0.794. The molecule has 1 fully saturated rings. The predicted molar refractivity (Wildman–Crippen MR) is 101 cm³/mol. The van der Waals surface area contributed by atoms with Crippen molar-refractivity contribution in [3.05, 3.63) is 65.2 Å². The van der Waals surface area contributed by atoms with Crippen molar-refractivity contribution < 1.29 is 9.59 Å². The molecule has 0 saturated carbocycles. The molecule has 2 aromatic carbocycles. The SMILES string of the molecule is CSc1ccc(C(=O)N2CCN(C(=O)c3ccc(C)cc3)CC2)cc1. The maximum absolute atomic E-state index is 12.6. The number of hydrogen-bond acceptors (Lipinski definition) is 3. The molecule has 1 saturated heterocycles. The van der Waals surface area contributed by atoms with E-state index in [2.05, 4.69) is 0 Å². The van der Waals surface area contributed by atoms with Gasteiger partial charge in [-0.05, 0) is 49.6 Å². The summed E-state index contributed by atoms with van der Waals surface area (Å²) in [6.07, 6.45) is 2.01. The number of benzene rings is 2. The van der Waals surface area contributed by atoms with Crippen LogP contribution in [0.4, 0.5) is 0 Å². The summed E-state index contributed by atoms with van der Waals surface area (Å²) in [6, 6.07) is 15.3. The molecule has 4 nitrogen and oxygen atoms in total. The maximum Gasteiger partial charge on any atom is 0.253 e. The molecule has 0 bridgehead atoms. The average Bonchev–Trinajstić information content (AvgIpc) is 2.67. The zero-order valence-electron chi connectivity index (χ0n) is 14.6. The van der Waals surface area contributed by atoms with E-state index >= 15 is 0 Å². The van der Waals surface area contributed by atoms with Crippen LogP contribution in [0.1, 0.15) is 26.3 Å².